The molecule has 0 heterocycles. The number of ether oxygens (including phenoxy) is 4. The van der Waals surface area contributed by atoms with E-state index in [0.717, 1.165) is 6.54 Å². The number of likely N-dealkylation sites (N-methyl/N-ethyl adjacent to an activating group) is 1. The lowest BCUT2D eigenvalue weighted by atomic mass is 10.2. The summed E-state index contributed by atoms with van der Waals surface area (Å²) in [6, 6.07) is 0. The van der Waals surface area contributed by atoms with Crippen LogP contribution in [-0.2, 0) is 23.7 Å². The lowest BCUT2D eigenvalue weighted by Gasteiger charge is -2.12. The fourth-order valence-corrected chi connectivity index (χ4v) is 1.52. The largest absolute Gasteiger partial charge is 0.378 e. The fraction of sp³-hybridized carbons (Fsp3) is 0.944. The van der Waals surface area contributed by atoms with Crippen molar-refractivity contribution in [3.05, 3.63) is 0 Å². The zero-order chi connectivity index (χ0) is 20.0. The molecule has 8 heteroatoms. The predicted octanol–water partition coefficient (Wildman–Crippen LogP) is 1.41. The van der Waals surface area contributed by atoms with Crippen LogP contribution in [-0.4, -0.2) is 85.1 Å². The molecule has 0 aliphatic carbocycles. The minimum atomic E-state index is -1.21. The smallest absolute Gasteiger partial charge is 0.222 e. The minimum Gasteiger partial charge on any atom is -0.378 e. The number of carbonyl (C=O) groups is 1. The summed E-state index contributed by atoms with van der Waals surface area (Å²) in [4.78, 5) is 11.3. The number of amides is 1. The average Bonchev–Trinajstić information content (AvgIpc) is 2.65. The molecular formula is C18H39FN2O5. The molecule has 0 aliphatic heterocycles. The van der Waals surface area contributed by atoms with Crippen LogP contribution in [0.2, 0.25) is 0 Å². The van der Waals surface area contributed by atoms with E-state index in [1.54, 1.807) is 13.8 Å². The highest BCUT2D eigenvalue weighted by atomic mass is 19.1. The highest BCUT2D eigenvalue weighted by Crippen LogP contribution is 1.94. The van der Waals surface area contributed by atoms with E-state index in [1.165, 1.54) is 0 Å². The van der Waals surface area contributed by atoms with Gasteiger partial charge in [-0.3, -0.25) is 4.79 Å². The summed E-state index contributed by atoms with van der Waals surface area (Å²) in [6.07, 6.45) is -1.21. The van der Waals surface area contributed by atoms with Crippen molar-refractivity contribution >= 4 is 5.91 Å². The number of hydrogen-bond donors (Lipinski definition) is 2. The molecule has 0 spiro atoms. The van der Waals surface area contributed by atoms with Crippen LogP contribution >= 0.6 is 0 Å². The zero-order valence-electron chi connectivity index (χ0n) is 17.1. The molecule has 0 rings (SSSR count). The summed E-state index contributed by atoms with van der Waals surface area (Å²) in [7, 11) is 1.87. The molecule has 158 valence electrons. The maximum atomic E-state index is 13.4. The molecule has 0 aromatic carbocycles. The number of carbonyl (C=O) groups excluding carboxylic acids is 1. The van der Waals surface area contributed by atoms with Gasteiger partial charge in [0.15, 0.2) is 0 Å². The van der Waals surface area contributed by atoms with Crippen molar-refractivity contribution in [2.24, 2.45) is 5.92 Å². The zero-order valence-corrected chi connectivity index (χ0v) is 17.1. The van der Waals surface area contributed by atoms with Crippen molar-refractivity contribution in [3.8, 4) is 0 Å². The second-order valence-electron chi connectivity index (χ2n) is 5.51. The van der Waals surface area contributed by atoms with Gasteiger partial charge in [-0.2, -0.15) is 0 Å². The second-order valence-corrected chi connectivity index (χ2v) is 5.51. The Morgan fingerprint density at radius 1 is 0.885 bits per heavy atom. The molecule has 0 saturated carbocycles. The van der Waals surface area contributed by atoms with Crippen molar-refractivity contribution < 1.29 is 28.1 Å². The molecule has 1 unspecified atom stereocenters. The lowest BCUT2D eigenvalue weighted by molar-refractivity contribution is -0.124. The third kappa shape index (κ3) is 21.2. The predicted molar refractivity (Wildman–Crippen MR) is 101 cm³/mol. The van der Waals surface area contributed by atoms with Crippen molar-refractivity contribution in [1.29, 1.82) is 0 Å². The van der Waals surface area contributed by atoms with Gasteiger partial charge in [0, 0.05) is 12.5 Å². The van der Waals surface area contributed by atoms with Gasteiger partial charge in [-0.25, -0.2) is 4.39 Å². The number of alkyl halides is 1. The number of halogens is 1. The Hall–Kier alpha value is -0.800. The van der Waals surface area contributed by atoms with E-state index in [2.05, 4.69) is 10.6 Å². The van der Waals surface area contributed by atoms with Crippen LogP contribution in [0.3, 0.4) is 0 Å². The Balaban J connectivity index is 0. The highest BCUT2D eigenvalue weighted by molar-refractivity contribution is 5.77. The summed E-state index contributed by atoms with van der Waals surface area (Å²) >= 11 is 0. The first-order valence-electron chi connectivity index (χ1n) is 9.45. The fourth-order valence-electron chi connectivity index (χ4n) is 1.52. The number of rotatable bonds is 17. The molecule has 0 aliphatic rings. The normalized spacial score (nSPS) is 11.8. The lowest BCUT2D eigenvalue weighted by Crippen LogP contribution is -2.35. The Morgan fingerprint density at radius 3 is 1.81 bits per heavy atom. The van der Waals surface area contributed by atoms with Gasteiger partial charge in [0.25, 0.3) is 0 Å². The van der Waals surface area contributed by atoms with E-state index >= 15 is 0 Å². The Labute approximate surface area is 158 Å². The summed E-state index contributed by atoms with van der Waals surface area (Å²) in [5.41, 5.74) is 0. The Morgan fingerprint density at radius 2 is 1.35 bits per heavy atom. The van der Waals surface area contributed by atoms with E-state index in [9.17, 15) is 9.18 Å². The van der Waals surface area contributed by atoms with Gasteiger partial charge < -0.3 is 29.6 Å². The monoisotopic (exact) mass is 382 g/mol. The van der Waals surface area contributed by atoms with Gasteiger partial charge in [-0.1, -0.05) is 27.7 Å². The van der Waals surface area contributed by atoms with Crippen LogP contribution in [0.4, 0.5) is 4.39 Å². The molecule has 0 bridgehead atoms. The van der Waals surface area contributed by atoms with E-state index in [4.69, 9.17) is 18.9 Å². The quantitative estimate of drug-likeness (QED) is 0.370. The van der Waals surface area contributed by atoms with Crippen LogP contribution in [0.1, 0.15) is 27.7 Å². The molecular weight excluding hydrogens is 343 g/mol. The van der Waals surface area contributed by atoms with Gasteiger partial charge in [0.1, 0.15) is 6.17 Å². The van der Waals surface area contributed by atoms with Gasteiger partial charge in [0.05, 0.1) is 59.4 Å². The van der Waals surface area contributed by atoms with Gasteiger partial charge >= 0.3 is 0 Å². The van der Waals surface area contributed by atoms with Crippen LogP contribution in [0.5, 0.6) is 0 Å². The Bertz CT molecular complexity index is 297. The first-order valence-corrected chi connectivity index (χ1v) is 9.45. The molecule has 2 N–H and O–H groups in total. The Kier molecular flexibility index (Phi) is 23.5. The first kappa shape index (κ1) is 27.4. The third-order valence-corrected chi connectivity index (χ3v) is 2.93. The maximum absolute atomic E-state index is 13.4. The third-order valence-electron chi connectivity index (χ3n) is 2.93. The number of hydrogen-bond acceptors (Lipinski definition) is 6. The van der Waals surface area contributed by atoms with Crippen molar-refractivity contribution in [2.75, 3.05) is 73.0 Å². The standard InChI is InChI=1S/C16H33FN2O5.C2H6/c1-14(2)16(20)19-12-15(17)13-24-11-10-23-9-8-22-7-6-21-5-4-18-3;1-2/h14-15,18H,4-13H2,1-3H3,(H,19,20);1-2H3. The minimum absolute atomic E-state index is 0.0257. The summed E-state index contributed by atoms with van der Waals surface area (Å²) < 4.78 is 34.5. The van der Waals surface area contributed by atoms with E-state index in [0.29, 0.717) is 46.2 Å². The molecule has 0 aromatic heterocycles. The molecule has 0 fully saturated rings. The summed E-state index contributed by atoms with van der Waals surface area (Å²) in [6.45, 7) is 11.7. The number of nitrogens with one attached hydrogen (secondary N) is 2. The average molecular weight is 383 g/mol. The molecule has 1 amide bonds. The topological polar surface area (TPSA) is 78.1 Å². The molecule has 0 radical (unpaired) electrons. The molecule has 1 atom stereocenters. The van der Waals surface area contributed by atoms with E-state index in [1.807, 2.05) is 20.9 Å². The van der Waals surface area contributed by atoms with Crippen LogP contribution in [0, 0.1) is 5.92 Å². The molecule has 26 heavy (non-hydrogen) atoms. The maximum Gasteiger partial charge on any atom is 0.222 e. The second kappa shape index (κ2) is 22.2. The van der Waals surface area contributed by atoms with Crippen molar-refractivity contribution in [1.82, 2.24) is 10.6 Å². The van der Waals surface area contributed by atoms with Crippen LogP contribution in [0.15, 0.2) is 0 Å². The SMILES string of the molecule is CC.CNCCOCCOCCOCCOCC(F)CNC(=O)C(C)C. The molecule has 0 saturated heterocycles. The summed E-state index contributed by atoms with van der Waals surface area (Å²) in [5, 5.41) is 5.51. The molecule has 7 nitrogen and oxygen atoms in total. The first-order chi connectivity index (χ1) is 12.6. The van der Waals surface area contributed by atoms with Gasteiger partial charge in [-0.15, -0.1) is 0 Å². The summed E-state index contributed by atoms with van der Waals surface area (Å²) in [5.74, 6) is -0.304. The van der Waals surface area contributed by atoms with Crippen molar-refractivity contribution in [3.63, 3.8) is 0 Å². The van der Waals surface area contributed by atoms with Crippen molar-refractivity contribution in [2.45, 2.75) is 33.9 Å². The van der Waals surface area contributed by atoms with Gasteiger partial charge in [-0.05, 0) is 7.05 Å². The molecule has 0 aromatic rings. The van der Waals surface area contributed by atoms with E-state index in [-0.39, 0.29) is 25.0 Å². The van der Waals surface area contributed by atoms with Crippen LogP contribution in [0.25, 0.3) is 0 Å². The van der Waals surface area contributed by atoms with Gasteiger partial charge in [0.2, 0.25) is 5.91 Å². The highest BCUT2D eigenvalue weighted by Gasteiger charge is 2.11. The van der Waals surface area contributed by atoms with E-state index < -0.39 is 6.17 Å². The van der Waals surface area contributed by atoms with Crippen LogP contribution < -0.4 is 10.6 Å².